The highest BCUT2D eigenvalue weighted by molar-refractivity contribution is 7.87. The average Bonchev–Trinajstić information content (AvgIpc) is 3.03. The number of hydrogen-bond acceptors (Lipinski definition) is 10. The van der Waals surface area contributed by atoms with E-state index in [1.165, 1.54) is 0 Å². The summed E-state index contributed by atoms with van der Waals surface area (Å²) >= 11 is 0. The van der Waals surface area contributed by atoms with Crippen LogP contribution in [0.2, 0.25) is 0 Å². The van der Waals surface area contributed by atoms with E-state index in [1.807, 2.05) is 0 Å². The summed E-state index contributed by atoms with van der Waals surface area (Å²) in [6.45, 7) is -1.04. The van der Waals surface area contributed by atoms with Gasteiger partial charge in [-0.3, -0.25) is 8.57 Å². The number of benzene rings is 2. The van der Waals surface area contributed by atoms with Gasteiger partial charge in [-0.25, -0.2) is 0 Å². The largest absolute Gasteiger partial charge is 0.536 e. The van der Waals surface area contributed by atoms with Crippen molar-refractivity contribution in [1.29, 1.82) is 0 Å². The first-order valence-electron chi connectivity index (χ1n) is 13.6. The van der Waals surface area contributed by atoms with Gasteiger partial charge in [0.05, 0.1) is 13.2 Å². The second-order valence-corrected chi connectivity index (χ2v) is 13.3. The summed E-state index contributed by atoms with van der Waals surface area (Å²) in [7, 11) is -13.9. The molecule has 0 atom stereocenters. The van der Waals surface area contributed by atoms with Crippen molar-refractivity contribution in [2.24, 2.45) is 10.3 Å². The fourth-order valence-electron chi connectivity index (χ4n) is 3.35. The van der Waals surface area contributed by atoms with Crippen LogP contribution in [0.25, 0.3) is 0 Å². The Bertz CT molecular complexity index is 1850. The normalized spacial score (nSPS) is 15.0. The van der Waals surface area contributed by atoms with Crippen LogP contribution in [-0.4, -0.2) is 88.5 Å². The second kappa shape index (κ2) is 16.0. The van der Waals surface area contributed by atoms with Gasteiger partial charge >= 0.3 is 67.3 Å². The maximum atomic E-state index is 14.4. The molecule has 0 amide bonds. The monoisotopic (exact) mass is 914 g/mol. The zero-order chi connectivity index (χ0) is 44.5. The van der Waals surface area contributed by atoms with Gasteiger partial charge < -0.3 is 9.47 Å². The van der Waals surface area contributed by atoms with E-state index < -0.39 is 115 Å². The number of hydrogen-bond donors (Lipinski definition) is 0. The molecule has 0 aliphatic rings. The Morgan fingerprint density at radius 1 is 0.456 bits per heavy atom. The summed E-state index contributed by atoms with van der Waals surface area (Å²) < 4.78 is 323. The second-order valence-electron chi connectivity index (χ2n) is 10.2. The van der Waals surface area contributed by atoms with E-state index in [0.717, 1.165) is 0 Å². The lowest BCUT2D eigenvalue weighted by molar-refractivity contribution is -0.336. The molecule has 0 radical (unpaired) electrons. The van der Waals surface area contributed by atoms with Crippen molar-refractivity contribution in [2.45, 2.75) is 53.5 Å². The Labute approximate surface area is 302 Å². The molecule has 0 bridgehead atoms. The first-order chi connectivity index (χ1) is 25.4. The maximum absolute atomic E-state index is 14.4. The highest BCUT2D eigenvalue weighted by Crippen LogP contribution is 2.49. The summed E-state index contributed by atoms with van der Waals surface area (Å²) in [5.74, 6) is -28.2. The van der Waals surface area contributed by atoms with Crippen LogP contribution in [0.15, 0.2) is 58.8 Å². The molecule has 324 valence electrons. The third kappa shape index (κ3) is 10.5. The molecule has 32 heteroatoms. The molecule has 0 heterocycles. The molecular weight excluding hydrogens is 900 g/mol. The Hall–Kier alpha value is -4.52. The molecule has 0 aliphatic heterocycles. The lowest BCUT2D eigenvalue weighted by Gasteiger charge is -2.28. The number of alkyl halides is 20. The molecule has 2 aromatic rings. The van der Waals surface area contributed by atoms with Crippen LogP contribution in [0.4, 0.5) is 87.8 Å². The summed E-state index contributed by atoms with van der Waals surface area (Å²) in [6, 6.07) is 2.88. The summed E-state index contributed by atoms with van der Waals surface area (Å²) in [5.41, 5.74) is -21.8. The number of rotatable bonds is 16. The van der Waals surface area contributed by atoms with Crippen LogP contribution >= 0.6 is 0 Å². The van der Waals surface area contributed by atoms with Gasteiger partial charge in [0.1, 0.15) is 11.5 Å². The molecular formula is C25H14F20N2O8S2. The molecule has 0 unspecified atom stereocenters. The number of ether oxygens (including phenoxy) is 2. The van der Waals surface area contributed by atoms with Crippen molar-refractivity contribution in [3.63, 3.8) is 0 Å². The van der Waals surface area contributed by atoms with Crippen LogP contribution in [0.5, 0.6) is 11.5 Å². The average molecular weight is 914 g/mol. The van der Waals surface area contributed by atoms with E-state index in [1.54, 1.807) is 10.3 Å². The Morgan fingerprint density at radius 2 is 0.719 bits per heavy atom. The standard InChI is InChI=1S/C25H14F20N2O8S2/c26-18(27,20(30,31)22(34,35)36)16(46-54-56(48,49)24(40,41)42)12-2-6-14(7-3-12)52-10-1-11-53-15-8-4-13(5-9-15)17(47-55-57(50,51)25(43,44)45)19(28,29)21(32,33)23(37,38)39/h2-9H,1,10-11H2/b46-16+,47-17+. The van der Waals surface area contributed by atoms with E-state index >= 15 is 0 Å². The fourth-order valence-corrected chi connectivity index (χ4v) is 3.86. The van der Waals surface area contributed by atoms with Crippen molar-refractivity contribution >= 4 is 31.7 Å². The molecule has 57 heavy (non-hydrogen) atoms. The van der Waals surface area contributed by atoms with Gasteiger partial charge in [0, 0.05) is 17.5 Å². The number of nitrogens with zero attached hydrogens (tertiary/aromatic N) is 2. The van der Waals surface area contributed by atoms with Crippen LogP contribution in [0.3, 0.4) is 0 Å². The molecule has 10 nitrogen and oxygen atoms in total. The van der Waals surface area contributed by atoms with Crippen molar-refractivity contribution < 1.29 is 123 Å². The smallest absolute Gasteiger partial charge is 0.493 e. The summed E-state index contributed by atoms with van der Waals surface area (Å²) in [4.78, 5) is 0. The maximum Gasteiger partial charge on any atom is 0.536 e. The van der Waals surface area contributed by atoms with Gasteiger partial charge in [0.25, 0.3) is 0 Å². The van der Waals surface area contributed by atoms with E-state index in [4.69, 9.17) is 9.47 Å². The zero-order valence-corrected chi connectivity index (χ0v) is 27.9. The molecule has 0 aromatic heterocycles. The highest BCUT2D eigenvalue weighted by Gasteiger charge is 2.76. The molecule has 0 spiro atoms. The summed E-state index contributed by atoms with van der Waals surface area (Å²) in [5, 5.41) is 3.46. The quantitative estimate of drug-likeness (QED) is 0.0541. The summed E-state index contributed by atoms with van der Waals surface area (Å²) in [6.07, 6.45) is -14.4. The third-order valence-corrected chi connectivity index (χ3v) is 7.87. The van der Waals surface area contributed by atoms with Gasteiger partial charge in [-0.2, -0.15) is 105 Å². The van der Waals surface area contributed by atoms with Gasteiger partial charge in [-0.15, -0.1) is 0 Å². The predicted molar refractivity (Wildman–Crippen MR) is 146 cm³/mol. The topological polar surface area (TPSA) is 130 Å². The van der Waals surface area contributed by atoms with Crippen LogP contribution < -0.4 is 9.47 Å². The van der Waals surface area contributed by atoms with E-state index in [-0.39, 0.29) is 30.7 Å². The first-order valence-corrected chi connectivity index (χ1v) is 16.4. The van der Waals surface area contributed by atoms with Crippen molar-refractivity contribution in [2.75, 3.05) is 13.2 Å². The van der Waals surface area contributed by atoms with Crippen molar-refractivity contribution in [1.82, 2.24) is 0 Å². The minimum Gasteiger partial charge on any atom is -0.493 e. The van der Waals surface area contributed by atoms with Crippen LogP contribution in [-0.2, 0) is 28.8 Å². The van der Waals surface area contributed by atoms with Crippen LogP contribution in [0, 0.1) is 0 Å². The Kier molecular flexibility index (Phi) is 13.7. The zero-order valence-electron chi connectivity index (χ0n) is 26.3. The highest BCUT2D eigenvalue weighted by atomic mass is 32.2. The molecule has 2 rings (SSSR count). The number of halogens is 20. The predicted octanol–water partition coefficient (Wildman–Crippen LogP) is 8.34. The molecule has 0 saturated carbocycles. The number of oxime groups is 2. The molecule has 0 saturated heterocycles. The van der Waals surface area contributed by atoms with Crippen molar-refractivity contribution in [3.8, 4) is 11.5 Å². The lowest BCUT2D eigenvalue weighted by atomic mass is 9.99. The third-order valence-electron chi connectivity index (χ3n) is 6.20. The minimum absolute atomic E-state index is 0.200. The van der Waals surface area contributed by atoms with Gasteiger partial charge in [-0.05, 0) is 48.5 Å². The van der Waals surface area contributed by atoms with Gasteiger partial charge in [-0.1, -0.05) is 10.3 Å². The van der Waals surface area contributed by atoms with E-state index in [9.17, 15) is 105 Å². The Balaban J connectivity index is 2.24. The lowest BCUT2D eigenvalue weighted by Crippen LogP contribution is -2.56. The van der Waals surface area contributed by atoms with E-state index in [2.05, 4.69) is 8.57 Å². The Morgan fingerprint density at radius 3 is 0.947 bits per heavy atom. The van der Waals surface area contributed by atoms with Crippen LogP contribution in [0.1, 0.15) is 17.5 Å². The molecule has 2 aromatic carbocycles. The van der Waals surface area contributed by atoms with E-state index in [0.29, 0.717) is 24.3 Å². The minimum atomic E-state index is -7.08. The fraction of sp³-hybridized carbons (Fsp3) is 0.440. The molecule has 0 fully saturated rings. The first kappa shape index (κ1) is 48.6. The molecule has 0 N–H and O–H groups in total. The SMILES string of the molecule is O=S(=O)(O/N=C(\c1ccc(OCCCOc2ccc(/C(=N\OS(=O)(=O)C(F)(F)F)C(F)(F)C(F)(F)C(F)(F)F)cc2)cc1)C(F)(F)C(F)(F)C(F)(F)F)C(F)(F)F. The van der Waals surface area contributed by atoms with Gasteiger partial charge in [0.15, 0.2) is 11.4 Å². The van der Waals surface area contributed by atoms with Crippen molar-refractivity contribution in [3.05, 3.63) is 59.7 Å². The molecule has 0 aliphatic carbocycles. The van der Waals surface area contributed by atoms with Gasteiger partial charge in [0.2, 0.25) is 0 Å².